The van der Waals surface area contributed by atoms with E-state index in [4.69, 9.17) is 0 Å². The molecule has 2 aromatic carbocycles. The Morgan fingerprint density at radius 1 is 1.00 bits per heavy atom. The summed E-state index contributed by atoms with van der Waals surface area (Å²) in [5, 5.41) is 6.28. The summed E-state index contributed by atoms with van der Waals surface area (Å²) in [5.74, 6) is 0.832. The van der Waals surface area contributed by atoms with Gasteiger partial charge in [0.2, 0.25) is 0 Å². The second-order valence-corrected chi connectivity index (χ2v) is 7.43. The number of aromatic nitrogens is 1. The van der Waals surface area contributed by atoms with Crippen LogP contribution in [0.3, 0.4) is 0 Å². The average Bonchev–Trinajstić information content (AvgIpc) is 3.19. The molecule has 0 unspecified atom stereocenters. The molecule has 2 N–H and O–H groups in total. The van der Waals surface area contributed by atoms with Gasteiger partial charge in [0.1, 0.15) is 5.82 Å². The molecule has 0 aliphatic carbocycles. The SMILES string of the molecule is Cc1ccc(NCCCNC(=O)c2cccc(N3Cc4ccccc4C3)c2)nc1. The summed E-state index contributed by atoms with van der Waals surface area (Å²) in [6, 6.07) is 20.4. The van der Waals surface area contributed by atoms with Crippen LogP contribution in [-0.4, -0.2) is 24.0 Å². The van der Waals surface area contributed by atoms with E-state index in [9.17, 15) is 4.79 Å². The molecule has 0 radical (unpaired) electrons. The van der Waals surface area contributed by atoms with Crippen molar-refractivity contribution < 1.29 is 4.79 Å². The Balaban J connectivity index is 1.26. The van der Waals surface area contributed by atoms with E-state index in [-0.39, 0.29) is 5.91 Å². The number of benzene rings is 2. The van der Waals surface area contributed by atoms with Gasteiger partial charge in [0.25, 0.3) is 5.91 Å². The minimum Gasteiger partial charge on any atom is -0.370 e. The van der Waals surface area contributed by atoms with Crippen molar-refractivity contribution in [2.75, 3.05) is 23.3 Å². The first kappa shape index (κ1) is 19.0. The summed E-state index contributed by atoms with van der Waals surface area (Å²) in [6.45, 7) is 5.18. The second-order valence-electron chi connectivity index (χ2n) is 7.43. The number of carbonyl (C=O) groups is 1. The van der Waals surface area contributed by atoms with Crippen LogP contribution in [0.15, 0.2) is 66.9 Å². The van der Waals surface area contributed by atoms with Gasteiger partial charge in [-0.15, -0.1) is 0 Å². The molecular formula is C24H26N4O. The molecule has 0 atom stereocenters. The maximum Gasteiger partial charge on any atom is 0.251 e. The van der Waals surface area contributed by atoms with E-state index in [0.717, 1.165) is 43.1 Å². The van der Waals surface area contributed by atoms with E-state index in [1.165, 1.54) is 11.1 Å². The Morgan fingerprint density at radius 2 is 1.79 bits per heavy atom. The third-order valence-electron chi connectivity index (χ3n) is 5.17. The lowest BCUT2D eigenvalue weighted by Crippen LogP contribution is -2.26. The van der Waals surface area contributed by atoms with Crippen molar-refractivity contribution in [2.24, 2.45) is 0 Å². The van der Waals surface area contributed by atoms with Crippen molar-refractivity contribution in [3.05, 3.63) is 89.1 Å². The summed E-state index contributed by atoms with van der Waals surface area (Å²) in [6.07, 6.45) is 2.68. The Morgan fingerprint density at radius 3 is 2.52 bits per heavy atom. The maximum atomic E-state index is 12.5. The highest BCUT2D eigenvalue weighted by atomic mass is 16.1. The third-order valence-corrected chi connectivity index (χ3v) is 5.17. The highest BCUT2D eigenvalue weighted by Crippen LogP contribution is 2.28. The van der Waals surface area contributed by atoms with E-state index >= 15 is 0 Å². The van der Waals surface area contributed by atoms with Gasteiger partial charge in [0.15, 0.2) is 0 Å². The number of nitrogens with one attached hydrogen (secondary N) is 2. The van der Waals surface area contributed by atoms with Gasteiger partial charge < -0.3 is 15.5 Å². The smallest absolute Gasteiger partial charge is 0.251 e. The van der Waals surface area contributed by atoms with Gasteiger partial charge in [0.05, 0.1) is 0 Å². The van der Waals surface area contributed by atoms with Gasteiger partial charge in [-0.3, -0.25) is 4.79 Å². The first-order valence-electron chi connectivity index (χ1n) is 10.1. The van der Waals surface area contributed by atoms with Crippen molar-refractivity contribution >= 4 is 17.4 Å². The Kier molecular flexibility index (Phi) is 5.75. The van der Waals surface area contributed by atoms with Crippen molar-refractivity contribution in [3.63, 3.8) is 0 Å². The molecule has 4 rings (SSSR count). The van der Waals surface area contributed by atoms with Gasteiger partial charge in [-0.1, -0.05) is 36.4 Å². The molecule has 1 aromatic heterocycles. The van der Waals surface area contributed by atoms with Crippen LogP contribution in [0.4, 0.5) is 11.5 Å². The molecular weight excluding hydrogens is 360 g/mol. The summed E-state index contributed by atoms with van der Waals surface area (Å²) < 4.78 is 0. The number of aryl methyl sites for hydroxylation is 1. The van der Waals surface area contributed by atoms with Crippen LogP contribution in [0.2, 0.25) is 0 Å². The van der Waals surface area contributed by atoms with Crippen molar-refractivity contribution in [1.82, 2.24) is 10.3 Å². The number of pyridine rings is 1. The fraction of sp³-hybridized carbons (Fsp3) is 0.250. The van der Waals surface area contributed by atoms with Gasteiger partial charge in [0, 0.05) is 43.6 Å². The van der Waals surface area contributed by atoms with E-state index in [1.807, 2.05) is 43.5 Å². The predicted octanol–water partition coefficient (Wildman–Crippen LogP) is 4.14. The van der Waals surface area contributed by atoms with Gasteiger partial charge in [-0.05, 0) is 54.3 Å². The first-order valence-corrected chi connectivity index (χ1v) is 10.1. The Bertz CT molecular complexity index is 959. The lowest BCUT2D eigenvalue weighted by molar-refractivity contribution is 0.0953. The van der Waals surface area contributed by atoms with Gasteiger partial charge in [-0.2, -0.15) is 0 Å². The van der Waals surface area contributed by atoms with E-state index in [1.54, 1.807) is 0 Å². The summed E-state index contributed by atoms with van der Waals surface area (Å²) >= 11 is 0. The number of amides is 1. The topological polar surface area (TPSA) is 57.3 Å². The zero-order chi connectivity index (χ0) is 20.1. The van der Waals surface area contributed by atoms with Crippen LogP contribution < -0.4 is 15.5 Å². The molecule has 5 nitrogen and oxygen atoms in total. The minimum atomic E-state index is -0.0305. The number of nitrogens with zero attached hydrogens (tertiary/aromatic N) is 2. The van der Waals surface area contributed by atoms with Crippen LogP contribution in [0.5, 0.6) is 0 Å². The number of hydrogen-bond donors (Lipinski definition) is 2. The van der Waals surface area contributed by atoms with Gasteiger partial charge in [-0.25, -0.2) is 4.98 Å². The van der Waals surface area contributed by atoms with Crippen molar-refractivity contribution in [3.8, 4) is 0 Å². The maximum absolute atomic E-state index is 12.5. The standard InChI is InChI=1S/C24H26N4O/c1-18-10-11-23(27-15-18)25-12-5-13-26-24(29)19-8-4-9-22(14-19)28-16-20-6-2-3-7-21(20)17-28/h2-4,6-11,14-15H,5,12-13,16-17H2,1H3,(H,25,27)(H,26,29). The summed E-state index contributed by atoms with van der Waals surface area (Å²) in [5.41, 5.74) is 5.64. The Labute approximate surface area is 171 Å². The van der Waals surface area contributed by atoms with Crippen molar-refractivity contribution in [2.45, 2.75) is 26.4 Å². The predicted molar refractivity (Wildman–Crippen MR) is 117 cm³/mol. The van der Waals surface area contributed by atoms with Gasteiger partial charge >= 0.3 is 0 Å². The van der Waals surface area contributed by atoms with Crippen LogP contribution in [0, 0.1) is 6.92 Å². The van der Waals surface area contributed by atoms with Crippen LogP contribution >= 0.6 is 0 Å². The third kappa shape index (κ3) is 4.74. The molecule has 0 saturated heterocycles. The number of fused-ring (bicyclic) bond motifs is 1. The average molecular weight is 386 g/mol. The Hall–Kier alpha value is -3.34. The van der Waals surface area contributed by atoms with E-state index in [0.29, 0.717) is 12.1 Å². The number of anilines is 2. The highest BCUT2D eigenvalue weighted by Gasteiger charge is 2.19. The largest absolute Gasteiger partial charge is 0.370 e. The molecule has 3 aromatic rings. The lowest BCUT2D eigenvalue weighted by Gasteiger charge is -2.18. The second kappa shape index (κ2) is 8.78. The number of rotatable bonds is 7. The fourth-order valence-corrected chi connectivity index (χ4v) is 3.54. The quantitative estimate of drug-likeness (QED) is 0.599. The molecule has 1 amide bonds. The fourth-order valence-electron chi connectivity index (χ4n) is 3.54. The molecule has 29 heavy (non-hydrogen) atoms. The van der Waals surface area contributed by atoms with Crippen LogP contribution in [-0.2, 0) is 13.1 Å². The summed E-state index contributed by atoms with van der Waals surface area (Å²) in [7, 11) is 0. The zero-order valence-electron chi connectivity index (χ0n) is 16.7. The molecule has 1 aliphatic rings. The van der Waals surface area contributed by atoms with Crippen LogP contribution in [0.25, 0.3) is 0 Å². The monoisotopic (exact) mass is 386 g/mol. The molecule has 5 heteroatoms. The zero-order valence-corrected chi connectivity index (χ0v) is 16.7. The van der Waals surface area contributed by atoms with Crippen LogP contribution in [0.1, 0.15) is 33.5 Å². The molecule has 148 valence electrons. The molecule has 0 bridgehead atoms. The molecule has 0 fully saturated rings. The molecule has 0 spiro atoms. The molecule has 2 heterocycles. The van der Waals surface area contributed by atoms with E-state index in [2.05, 4.69) is 50.8 Å². The lowest BCUT2D eigenvalue weighted by atomic mass is 10.1. The normalized spacial score (nSPS) is 12.5. The number of carbonyl (C=O) groups excluding carboxylic acids is 1. The number of hydrogen-bond acceptors (Lipinski definition) is 4. The summed E-state index contributed by atoms with van der Waals surface area (Å²) in [4.78, 5) is 19.2. The minimum absolute atomic E-state index is 0.0305. The first-order chi connectivity index (χ1) is 14.2. The molecule has 1 aliphatic heterocycles. The molecule has 0 saturated carbocycles. The van der Waals surface area contributed by atoms with Crippen molar-refractivity contribution in [1.29, 1.82) is 0 Å². The highest BCUT2D eigenvalue weighted by molar-refractivity contribution is 5.95. The van der Waals surface area contributed by atoms with E-state index < -0.39 is 0 Å².